The van der Waals surface area contributed by atoms with Crippen molar-refractivity contribution < 1.29 is 0 Å². The van der Waals surface area contributed by atoms with E-state index in [9.17, 15) is 0 Å². The van der Waals surface area contributed by atoms with Crippen LogP contribution in [0, 0.1) is 6.92 Å². The number of hydrogen-bond donors (Lipinski definition) is 0. The molecule has 2 heterocycles. The largest absolute Gasteiger partial charge is 0.337 e. The van der Waals surface area contributed by atoms with E-state index in [-0.39, 0.29) is 5.38 Å². The Morgan fingerprint density at radius 1 is 1.40 bits per heavy atom. The first-order valence-corrected chi connectivity index (χ1v) is 5.81. The van der Waals surface area contributed by atoms with Crippen LogP contribution >= 0.6 is 11.6 Å². The second-order valence-corrected chi connectivity index (χ2v) is 4.71. The van der Waals surface area contributed by atoms with Gasteiger partial charge in [0.2, 0.25) is 5.95 Å². The Hall–Kier alpha value is -0.830. The first-order valence-electron chi connectivity index (χ1n) is 5.38. The Balaban J connectivity index is 2.18. The Morgan fingerprint density at radius 3 is 2.73 bits per heavy atom. The molecule has 1 aliphatic heterocycles. The molecule has 2 rings (SSSR count). The highest BCUT2D eigenvalue weighted by Gasteiger charge is 2.27. The predicted molar refractivity (Wildman–Crippen MR) is 62.5 cm³/mol. The van der Waals surface area contributed by atoms with Crippen molar-refractivity contribution in [1.29, 1.82) is 0 Å². The minimum absolute atomic E-state index is 0.212. The molecule has 0 saturated carbocycles. The van der Waals surface area contributed by atoms with Gasteiger partial charge in [-0.2, -0.15) is 0 Å². The molecule has 2 atom stereocenters. The highest BCUT2D eigenvalue weighted by Crippen LogP contribution is 2.24. The molecule has 1 aromatic rings. The van der Waals surface area contributed by atoms with Gasteiger partial charge in [-0.15, -0.1) is 11.6 Å². The summed E-state index contributed by atoms with van der Waals surface area (Å²) in [5.74, 6) is 0.804. The van der Waals surface area contributed by atoms with Crippen LogP contribution in [0.3, 0.4) is 0 Å². The zero-order chi connectivity index (χ0) is 10.8. The summed E-state index contributed by atoms with van der Waals surface area (Å²) in [4.78, 5) is 10.9. The fourth-order valence-corrected chi connectivity index (χ4v) is 2.20. The van der Waals surface area contributed by atoms with Gasteiger partial charge in [0.1, 0.15) is 0 Å². The highest BCUT2D eigenvalue weighted by atomic mass is 35.5. The van der Waals surface area contributed by atoms with E-state index in [0.717, 1.165) is 30.9 Å². The third-order valence-electron chi connectivity index (χ3n) is 2.92. The molecular formula is C11H16ClN3. The minimum Gasteiger partial charge on any atom is -0.337 e. The number of aryl methyl sites for hydroxylation is 1. The lowest BCUT2D eigenvalue weighted by atomic mass is 10.0. The van der Waals surface area contributed by atoms with E-state index < -0.39 is 0 Å². The quantitative estimate of drug-likeness (QED) is 0.688. The van der Waals surface area contributed by atoms with Crippen molar-refractivity contribution in [2.24, 2.45) is 0 Å². The van der Waals surface area contributed by atoms with Crippen LogP contribution in [0.25, 0.3) is 0 Å². The van der Waals surface area contributed by atoms with Crippen molar-refractivity contribution in [3.63, 3.8) is 0 Å². The zero-order valence-electron chi connectivity index (χ0n) is 9.15. The van der Waals surface area contributed by atoms with Crippen LogP contribution in [0.15, 0.2) is 12.4 Å². The van der Waals surface area contributed by atoms with E-state index in [4.69, 9.17) is 11.6 Å². The van der Waals surface area contributed by atoms with Crippen molar-refractivity contribution in [2.45, 2.75) is 38.1 Å². The lowest BCUT2D eigenvalue weighted by molar-refractivity contribution is 0.484. The van der Waals surface area contributed by atoms with Crippen LogP contribution in [-0.2, 0) is 0 Å². The summed E-state index contributed by atoms with van der Waals surface area (Å²) in [6.45, 7) is 5.14. The standard InChI is InChI=1S/C11H16ClN3/c1-8-6-13-11(14-7-8)15-5-3-4-10(12)9(15)2/h6-7,9-10H,3-5H2,1-2H3. The SMILES string of the molecule is Cc1cnc(N2CCCC(Cl)C2C)nc1. The van der Waals surface area contributed by atoms with Crippen molar-refractivity contribution >= 4 is 17.5 Å². The zero-order valence-corrected chi connectivity index (χ0v) is 9.91. The number of alkyl halides is 1. The van der Waals surface area contributed by atoms with Crippen molar-refractivity contribution in [2.75, 3.05) is 11.4 Å². The fraction of sp³-hybridized carbons (Fsp3) is 0.636. The third kappa shape index (κ3) is 2.23. The van der Waals surface area contributed by atoms with E-state index in [0.29, 0.717) is 6.04 Å². The van der Waals surface area contributed by atoms with Gasteiger partial charge in [-0.05, 0) is 32.3 Å². The number of rotatable bonds is 1. The highest BCUT2D eigenvalue weighted by molar-refractivity contribution is 6.21. The smallest absolute Gasteiger partial charge is 0.225 e. The fourth-order valence-electron chi connectivity index (χ4n) is 1.91. The van der Waals surface area contributed by atoms with E-state index in [2.05, 4.69) is 21.8 Å². The molecule has 0 amide bonds. The molecule has 1 saturated heterocycles. The average Bonchev–Trinajstić information content (AvgIpc) is 2.24. The van der Waals surface area contributed by atoms with Gasteiger partial charge in [0.15, 0.2) is 0 Å². The molecule has 0 bridgehead atoms. The molecule has 0 aromatic carbocycles. The number of anilines is 1. The Bertz CT molecular complexity index is 325. The van der Waals surface area contributed by atoms with Gasteiger partial charge in [0.05, 0.1) is 5.38 Å². The lowest BCUT2D eigenvalue weighted by Crippen LogP contribution is -2.45. The molecule has 1 aliphatic rings. The van der Waals surface area contributed by atoms with Gasteiger partial charge in [-0.25, -0.2) is 9.97 Å². The molecule has 1 aromatic heterocycles. The topological polar surface area (TPSA) is 29.0 Å². The molecule has 15 heavy (non-hydrogen) atoms. The van der Waals surface area contributed by atoms with Crippen LogP contribution in [0.5, 0.6) is 0 Å². The van der Waals surface area contributed by atoms with E-state index >= 15 is 0 Å². The van der Waals surface area contributed by atoms with E-state index in [1.54, 1.807) is 0 Å². The number of piperidine rings is 1. The summed E-state index contributed by atoms with van der Waals surface area (Å²) in [7, 11) is 0. The predicted octanol–water partition coefficient (Wildman–Crippen LogP) is 2.38. The average molecular weight is 226 g/mol. The monoisotopic (exact) mass is 225 g/mol. The van der Waals surface area contributed by atoms with Gasteiger partial charge >= 0.3 is 0 Å². The van der Waals surface area contributed by atoms with E-state index in [1.807, 2.05) is 19.3 Å². The third-order valence-corrected chi connectivity index (χ3v) is 3.50. The summed E-state index contributed by atoms with van der Waals surface area (Å²) in [6, 6.07) is 0.322. The second-order valence-electron chi connectivity index (χ2n) is 4.15. The van der Waals surface area contributed by atoms with E-state index in [1.165, 1.54) is 0 Å². The van der Waals surface area contributed by atoms with Gasteiger partial charge in [-0.3, -0.25) is 0 Å². The Labute approximate surface area is 95.5 Å². The molecule has 0 aliphatic carbocycles. The summed E-state index contributed by atoms with van der Waals surface area (Å²) in [5, 5.41) is 0.212. The van der Waals surface area contributed by atoms with Crippen LogP contribution < -0.4 is 4.90 Å². The maximum absolute atomic E-state index is 6.25. The molecule has 0 radical (unpaired) electrons. The molecule has 0 spiro atoms. The second kappa shape index (κ2) is 4.35. The molecular weight excluding hydrogens is 210 g/mol. The summed E-state index contributed by atoms with van der Waals surface area (Å²) in [5.41, 5.74) is 1.09. The number of hydrogen-bond acceptors (Lipinski definition) is 3. The van der Waals surface area contributed by atoms with Gasteiger partial charge < -0.3 is 4.90 Å². The van der Waals surface area contributed by atoms with Gasteiger partial charge in [-0.1, -0.05) is 0 Å². The Morgan fingerprint density at radius 2 is 2.07 bits per heavy atom. The van der Waals surface area contributed by atoms with Crippen molar-refractivity contribution in [3.8, 4) is 0 Å². The number of nitrogens with zero attached hydrogens (tertiary/aromatic N) is 3. The Kier molecular flexibility index (Phi) is 3.10. The van der Waals surface area contributed by atoms with Crippen molar-refractivity contribution in [1.82, 2.24) is 9.97 Å². The first kappa shape index (κ1) is 10.7. The number of halogens is 1. The molecule has 2 unspecified atom stereocenters. The normalized spacial score (nSPS) is 26.7. The van der Waals surface area contributed by atoms with Gasteiger partial charge in [0, 0.05) is 25.0 Å². The van der Waals surface area contributed by atoms with Crippen LogP contribution in [-0.4, -0.2) is 27.9 Å². The maximum Gasteiger partial charge on any atom is 0.225 e. The molecule has 4 heteroatoms. The molecule has 1 fully saturated rings. The first-order chi connectivity index (χ1) is 7.18. The maximum atomic E-state index is 6.25. The number of aromatic nitrogens is 2. The summed E-state index contributed by atoms with van der Waals surface area (Å²) in [6.07, 6.45) is 5.92. The molecule has 3 nitrogen and oxygen atoms in total. The lowest BCUT2D eigenvalue weighted by Gasteiger charge is -2.36. The van der Waals surface area contributed by atoms with Crippen molar-refractivity contribution in [3.05, 3.63) is 18.0 Å². The van der Waals surface area contributed by atoms with Gasteiger partial charge in [0.25, 0.3) is 0 Å². The molecule has 0 N–H and O–H groups in total. The molecule has 82 valence electrons. The minimum atomic E-state index is 0.212. The summed E-state index contributed by atoms with van der Waals surface area (Å²) >= 11 is 6.25. The van der Waals surface area contributed by atoms with Crippen LogP contribution in [0.4, 0.5) is 5.95 Å². The van der Waals surface area contributed by atoms with Crippen LogP contribution in [0.1, 0.15) is 25.3 Å². The van der Waals surface area contributed by atoms with Crippen LogP contribution in [0.2, 0.25) is 0 Å². The summed E-state index contributed by atoms with van der Waals surface area (Å²) < 4.78 is 0.